The predicted octanol–water partition coefficient (Wildman–Crippen LogP) is 2.48. The standard InChI is InChI=1S/C13H23N3O3S/c1-9(2)14-13(4,11(17)18)7-5-6-8-20-12-16-15-10(3)19-12/h9,14H,5-8H2,1-4H3,(H,17,18). The molecule has 0 aromatic carbocycles. The number of hydrogen-bond donors (Lipinski definition) is 2. The zero-order chi connectivity index (χ0) is 15.2. The molecule has 0 aliphatic carbocycles. The lowest BCUT2D eigenvalue weighted by Gasteiger charge is -2.28. The summed E-state index contributed by atoms with van der Waals surface area (Å²) in [5.41, 5.74) is -0.861. The molecule has 0 amide bonds. The maximum absolute atomic E-state index is 11.3. The average molecular weight is 301 g/mol. The number of nitrogens with one attached hydrogen (secondary N) is 1. The van der Waals surface area contributed by atoms with Crippen LogP contribution in [0.2, 0.25) is 0 Å². The van der Waals surface area contributed by atoms with Crippen LogP contribution >= 0.6 is 11.8 Å². The van der Waals surface area contributed by atoms with Crippen molar-refractivity contribution in [3.05, 3.63) is 5.89 Å². The molecule has 1 atom stereocenters. The molecule has 0 aliphatic heterocycles. The summed E-state index contributed by atoms with van der Waals surface area (Å²) in [7, 11) is 0. The second-order valence-corrected chi connectivity index (χ2v) is 6.38. The van der Waals surface area contributed by atoms with Crippen LogP contribution in [0, 0.1) is 6.92 Å². The second-order valence-electron chi connectivity index (χ2n) is 5.33. The fraction of sp³-hybridized carbons (Fsp3) is 0.769. The number of carboxylic acid groups (broad SMARTS) is 1. The molecule has 1 aromatic rings. The largest absolute Gasteiger partial charge is 0.480 e. The number of carbonyl (C=O) groups is 1. The van der Waals surface area contributed by atoms with Gasteiger partial charge in [-0.05, 0) is 33.6 Å². The minimum atomic E-state index is -0.861. The lowest BCUT2D eigenvalue weighted by molar-refractivity contribution is -0.144. The molecular formula is C13H23N3O3S. The van der Waals surface area contributed by atoms with Gasteiger partial charge in [0.2, 0.25) is 5.89 Å². The quantitative estimate of drug-likeness (QED) is 0.535. The first-order valence-electron chi connectivity index (χ1n) is 6.77. The number of carboxylic acids is 1. The summed E-state index contributed by atoms with van der Waals surface area (Å²) in [5, 5.41) is 20.7. The van der Waals surface area contributed by atoms with E-state index in [1.165, 1.54) is 11.8 Å². The van der Waals surface area contributed by atoms with Gasteiger partial charge in [0.1, 0.15) is 5.54 Å². The molecular weight excluding hydrogens is 278 g/mol. The number of nitrogens with zero attached hydrogens (tertiary/aromatic N) is 2. The highest BCUT2D eigenvalue weighted by Gasteiger charge is 2.32. The Balaban J connectivity index is 2.29. The Bertz CT molecular complexity index is 436. The number of aryl methyl sites for hydroxylation is 1. The molecule has 6 nitrogen and oxygen atoms in total. The molecule has 0 radical (unpaired) electrons. The van der Waals surface area contributed by atoms with Crippen LogP contribution in [-0.2, 0) is 4.79 Å². The predicted molar refractivity (Wildman–Crippen MR) is 77.9 cm³/mol. The number of unbranched alkanes of at least 4 members (excludes halogenated alkanes) is 1. The van der Waals surface area contributed by atoms with E-state index < -0.39 is 11.5 Å². The molecule has 1 aromatic heterocycles. The van der Waals surface area contributed by atoms with Crippen LogP contribution in [0.1, 0.15) is 45.9 Å². The molecule has 0 spiro atoms. The molecule has 7 heteroatoms. The van der Waals surface area contributed by atoms with Crippen molar-refractivity contribution < 1.29 is 14.3 Å². The van der Waals surface area contributed by atoms with Crippen LogP contribution in [-0.4, -0.2) is 38.6 Å². The van der Waals surface area contributed by atoms with Gasteiger partial charge in [-0.15, -0.1) is 10.2 Å². The van der Waals surface area contributed by atoms with Gasteiger partial charge in [0.05, 0.1) is 0 Å². The zero-order valence-electron chi connectivity index (χ0n) is 12.5. The summed E-state index contributed by atoms with van der Waals surface area (Å²) in [5.74, 6) is 0.609. The SMILES string of the molecule is Cc1nnc(SCCCCC(C)(NC(C)C)C(=O)O)o1. The molecule has 1 rings (SSSR count). The van der Waals surface area contributed by atoms with Crippen molar-refractivity contribution in [2.24, 2.45) is 0 Å². The minimum absolute atomic E-state index is 0.145. The van der Waals surface area contributed by atoms with E-state index in [0.29, 0.717) is 17.5 Å². The summed E-state index contributed by atoms with van der Waals surface area (Å²) in [4.78, 5) is 11.3. The first kappa shape index (κ1) is 17.0. The van der Waals surface area contributed by atoms with Crippen molar-refractivity contribution in [3.63, 3.8) is 0 Å². The van der Waals surface area contributed by atoms with Crippen LogP contribution < -0.4 is 5.32 Å². The second kappa shape index (κ2) is 7.64. The van der Waals surface area contributed by atoms with Gasteiger partial charge in [-0.1, -0.05) is 18.2 Å². The van der Waals surface area contributed by atoms with E-state index in [-0.39, 0.29) is 6.04 Å². The number of hydrogen-bond acceptors (Lipinski definition) is 6. The van der Waals surface area contributed by atoms with Gasteiger partial charge >= 0.3 is 5.97 Å². The molecule has 2 N–H and O–H groups in total. The Morgan fingerprint density at radius 1 is 1.45 bits per heavy atom. The Kier molecular flexibility index (Phi) is 6.48. The molecule has 1 unspecified atom stereocenters. The monoisotopic (exact) mass is 301 g/mol. The lowest BCUT2D eigenvalue weighted by atomic mass is 9.94. The normalized spacial score (nSPS) is 14.4. The highest BCUT2D eigenvalue weighted by Crippen LogP contribution is 2.20. The summed E-state index contributed by atoms with van der Waals surface area (Å²) in [6.07, 6.45) is 2.35. The van der Waals surface area contributed by atoms with Crippen molar-refractivity contribution in [2.45, 2.75) is 63.8 Å². The van der Waals surface area contributed by atoms with E-state index in [1.54, 1.807) is 13.8 Å². The average Bonchev–Trinajstić information content (AvgIpc) is 2.73. The van der Waals surface area contributed by atoms with Crippen molar-refractivity contribution >= 4 is 17.7 Å². The van der Waals surface area contributed by atoms with Gasteiger partial charge in [-0.25, -0.2) is 0 Å². The number of thioether (sulfide) groups is 1. The van der Waals surface area contributed by atoms with E-state index >= 15 is 0 Å². The van der Waals surface area contributed by atoms with Crippen molar-refractivity contribution in [1.82, 2.24) is 15.5 Å². The first-order chi connectivity index (χ1) is 9.33. The van der Waals surface area contributed by atoms with Crippen molar-refractivity contribution in [2.75, 3.05) is 5.75 Å². The van der Waals surface area contributed by atoms with E-state index in [0.717, 1.165) is 18.6 Å². The van der Waals surface area contributed by atoms with Gasteiger partial charge in [0, 0.05) is 18.7 Å². The van der Waals surface area contributed by atoms with E-state index in [2.05, 4.69) is 15.5 Å². The Morgan fingerprint density at radius 3 is 2.65 bits per heavy atom. The highest BCUT2D eigenvalue weighted by atomic mass is 32.2. The fourth-order valence-corrected chi connectivity index (χ4v) is 2.76. The van der Waals surface area contributed by atoms with Crippen LogP contribution in [0.3, 0.4) is 0 Å². The summed E-state index contributed by atoms with van der Waals surface area (Å²) >= 11 is 1.51. The van der Waals surface area contributed by atoms with Gasteiger partial charge in [0.15, 0.2) is 0 Å². The van der Waals surface area contributed by atoms with E-state index in [4.69, 9.17) is 4.42 Å². The van der Waals surface area contributed by atoms with Gasteiger partial charge in [-0.2, -0.15) is 0 Å². The van der Waals surface area contributed by atoms with Gasteiger partial charge < -0.3 is 9.52 Å². The van der Waals surface area contributed by atoms with Crippen LogP contribution in [0.4, 0.5) is 0 Å². The molecule has 114 valence electrons. The smallest absolute Gasteiger partial charge is 0.323 e. The topological polar surface area (TPSA) is 88.2 Å². The molecule has 20 heavy (non-hydrogen) atoms. The third-order valence-corrected chi connectivity index (χ3v) is 3.79. The minimum Gasteiger partial charge on any atom is -0.480 e. The van der Waals surface area contributed by atoms with Crippen LogP contribution in [0.25, 0.3) is 0 Å². The number of rotatable bonds is 9. The van der Waals surface area contributed by atoms with Gasteiger partial charge in [-0.3, -0.25) is 10.1 Å². The summed E-state index contributed by atoms with van der Waals surface area (Å²) in [6.45, 7) is 7.40. The Morgan fingerprint density at radius 2 is 2.15 bits per heavy atom. The zero-order valence-corrected chi connectivity index (χ0v) is 13.3. The number of aromatic nitrogens is 2. The van der Waals surface area contributed by atoms with Crippen molar-refractivity contribution in [1.29, 1.82) is 0 Å². The first-order valence-corrected chi connectivity index (χ1v) is 7.76. The van der Waals surface area contributed by atoms with E-state index in [9.17, 15) is 9.90 Å². The highest BCUT2D eigenvalue weighted by molar-refractivity contribution is 7.99. The van der Waals surface area contributed by atoms with Crippen LogP contribution in [0.5, 0.6) is 0 Å². The fourth-order valence-electron chi connectivity index (χ4n) is 1.95. The maximum atomic E-state index is 11.3. The molecule has 0 fully saturated rings. The Labute approximate surface area is 123 Å². The summed E-state index contributed by atoms with van der Waals surface area (Å²) < 4.78 is 5.26. The molecule has 0 bridgehead atoms. The molecule has 1 heterocycles. The maximum Gasteiger partial charge on any atom is 0.323 e. The molecule has 0 saturated heterocycles. The van der Waals surface area contributed by atoms with Gasteiger partial charge in [0.25, 0.3) is 5.22 Å². The van der Waals surface area contributed by atoms with Crippen LogP contribution in [0.15, 0.2) is 9.64 Å². The Hall–Kier alpha value is -1.08. The molecule has 0 saturated carbocycles. The van der Waals surface area contributed by atoms with E-state index in [1.807, 2.05) is 13.8 Å². The lowest BCUT2D eigenvalue weighted by Crippen LogP contribution is -2.52. The summed E-state index contributed by atoms with van der Waals surface area (Å²) in [6, 6.07) is 0.145. The third kappa shape index (κ3) is 5.50. The third-order valence-electron chi connectivity index (χ3n) is 2.88. The van der Waals surface area contributed by atoms with Crippen molar-refractivity contribution in [3.8, 4) is 0 Å². The molecule has 0 aliphatic rings. The number of aliphatic carboxylic acids is 1.